The van der Waals surface area contributed by atoms with Gasteiger partial charge in [-0.05, 0) is 93.1 Å². The summed E-state index contributed by atoms with van der Waals surface area (Å²) in [6.45, 7) is 18.8. The third kappa shape index (κ3) is 8.89. The summed E-state index contributed by atoms with van der Waals surface area (Å²) in [5.74, 6) is 0.698. The Bertz CT molecular complexity index is 1360. The second-order valence-electron chi connectivity index (χ2n) is 14.3. The van der Waals surface area contributed by atoms with E-state index in [1.165, 1.54) is 0 Å². The molecule has 0 radical (unpaired) electrons. The summed E-state index contributed by atoms with van der Waals surface area (Å²) in [5.41, 5.74) is 2.82. The molecular weight excluding hydrogens is 592 g/mol. The van der Waals surface area contributed by atoms with Crippen LogP contribution in [0, 0.1) is 0 Å². The van der Waals surface area contributed by atoms with Gasteiger partial charge in [0.1, 0.15) is 18.0 Å². The van der Waals surface area contributed by atoms with E-state index in [-0.39, 0.29) is 23.5 Å². The first kappa shape index (κ1) is 34.1. The molecule has 0 unspecified atom stereocenters. The van der Waals surface area contributed by atoms with Crippen LogP contribution in [0.4, 0.5) is 4.79 Å². The lowest BCUT2D eigenvalue weighted by Gasteiger charge is -2.36. The van der Waals surface area contributed by atoms with Crippen molar-refractivity contribution in [3.8, 4) is 5.75 Å². The number of carbonyl (C=O) groups excluding carboxylic acids is 2. The number of rotatable bonds is 10. The summed E-state index contributed by atoms with van der Waals surface area (Å²) in [5, 5.41) is 0.795. The Morgan fingerprint density at radius 1 is 0.977 bits per heavy atom. The molecule has 1 aliphatic carbocycles. The number of nitrogens with zero attached hydrogens (tertiary/aromatic N) is 2. The number of halogens is 1. The molecule has 1 aliphatic heterocycles. The van der Waals surface area contributed by atoms with Crippen molar-refractivity contribution in [2.45, 2.75) is 97.1 Å². The van der Waals surface area contributed by atoms with Gasteiger partial charge in [0.15, 0.2) is 8.32 Å². The summed E-state index contributed by atoms with van der Waals surface area (Å²) in [6, 6.07) is 15.7. The van der Waals surface area contributed by atoms with Gasteiger partial charge in [-0.25, -0.2) is 4.79 Å². The SMILES string of the molecule is CC(C)(C)OC(=O)N1CCC(c2ccc(OCCO[Si](C)(C)C(C)(C)C)cc2)=C(C(=O)N(Cc2ccccc2Cl)C2CC2)C1. The molecule has 1 saturated carbocycles. The van der Waals surface area contributed by atoms with Crippen molar-refractivity contribution in [2.24, 2.45) is 0 Å². The first-order chi connectivity index (χ1) is 20.6. The molecule has 0 aromatic heterocycles. The lowest BCUT2D eigenvalue weighted by Crippen LogP contribution is -2.44. The van der Waals surface area contributed by atoms with E-state index in [2.05, 4.69) is 33.9 Å². The fraction of sp³-hybridized carbons (Fsp3) is 0.543. The molecule has 2 amide bonds. The maximum absolute atomic E-state index is 14.3. The largest absolute Gasteiger partial charge is 0.491 e. The second kappa shape index (κ2) is 13.7. The Morgan fingerprint density at radius 2 is 1.64 bits per heavy atom. The van der Waals surface area contributed by atoms with Crippen LogP contribution in [-0.2, 0) is 20.5 Å². The number of hydrogen-bond donors (Lipinski definition) is 0. The Hall–Kier alpha value is -2.81. The zero-order valence-electron chi connectivity index (χ0n) is 27.7. The molecule has 2 aliphatic rings. The summed E-state index contributed by atoms with van der Waals surface area (Å²) >= 11 is 6.50. The predicted molar refractivity (Wildman–Crippen MR) is 179 cm³/mol. The molecule has 0 spiro atoms. The van der Waals surface area contributed by atoms with Gasteiger partial charge in [-0.1, -0.05) is 62.7 Å². The molecule has 9 heteroatoms. The molecule has 240 valence electrons. The molecule has 1 fully saturated rings. The topological polar surface area (TPSA) is 68.3 Å². The molecule has 0 saturated heterocycles. The zero-order chi connectivity index (χ0) is 32.3. The predicted octanol–water partition coefficient (Wildman–Crippen LogP) is 8.33. The van der Waals surface area contributed by atoms with Crippen LogP contribution in [0.15, 0.2) is 54.1 Å². The molecule has 1 heterocycles. The minimum absolute atomic E-state index is 0.0567. The van der Waals surface area contributed by atoms with Gasteiger partial charge in [-0.3, -0.25) is 4.79 Å². The van der Waals surface area contributed by atoms with E-state index in [1.807, 2.05) is 74.2 Å². The van der Waals surface area contributed by atoms with E-state index in [4.69, 9.17) is 25.5 Å². The summed E-state index contributed by atoms with van der Waals surface area (Å²) < 4.78 is 17.9. The maximum atomic E-state index is 14.3. The van der Waals surface area contributed by atoms with Gasteiger partial charge in [-0.2, -0.15) is 0 Å². The van der Waals surface area contributed by atoms with Crippen LogP contribution in [0.3, 0.4) is 0 Å². The molecule has 7 nitrogen and oxygen atoms in total. The highest BCUT2D eigenvalue weighted by Gasteiger charge is 2.38. The number of ether oxygens (including phenoxy) is 2. The fourth-order valence-electron chi connectivity index (χ4n) is 4.92. The van der Waals surface area contributed by atoms with Crippen LogP contribution in [0.5, 0.6) is 5.75 Å². The lowest BCUT2D eigenvalue weighted by molar-refractivity contribution is -0.128. The van der Waals surface area contributed by atoms with E-state index in [1.54, 1.807) is 4.90 Å². The standard InChI is InChI=1S/C35H49ClN2O5Si/c1-34(2,3)43-33(40)37-20-19-29(25-13-17-28(18-14-25)41-21-22-42-44(7,8)35(4,5)6)30(24-37)32(39)38(27-15-16-27)23-26-11-9-10-12-31(26)36/h9-14,17-18,27H,15-16,19-24H2,1-8H3. The average Bonchev–Trinajstić information content (AvgIpc) is 3.78. The molecular formula is C35H49ClN2O5Si. The zero-order valence-corrected chi connectivity index (χ0v) is 29.4. The maximum Gasteiger partial charge on any atom is 0.410 e. The van der Waals surface area contributed by atoms with Crippen molar-refractivity contribution in [1.29, 1.82) is 0 Å². The normalized spacial score (nSPS) is 16.2. The number of benzene rings is 2. The number of carbonyl (C=O) groups is 2. The molecule has 2 aromatic carbocycles. The Kier molecular flexibility index (Phi) is 10.6. The Morgan fingerprint density at radius 3 is 2.23 bits per heavy atom. The molecule has 0 bridgehead atoms. The quantitative estimate of drug-likeness (QED) is 0.193. The van der Waals surface area contributed by atoms with Crippen molar-refractivity contribution in [1.82, 2.24) is 9.80 Å². The van der Waals surface area contributed by atoms with Crippen molar-refractivity contribution in [3.05, 3.63) is 70.3 Å². The van der Waals surface area contributed by atoms with Crippen LogP contribution < -0.4 is 4.74 Å². The van der Waals surface area contributed by atoms with Crippen molar-refractivity contribution >= 4 is 37.5 Å². The van der Waals surface area contributed by atoms with Crippen molar-refractivity contribution < 1.29 is 23.5 Å². The minimum atomic E-state index is -1.83. The first-order valence-corrected chi connectivity index (χ1v) is 19.0. The molecule has 44 heavy (non-hydrogen) atoms. The first-order valence-electron chi connectivity index (χ1n) is 15.7. The lowest BCUT2D eigenvalue weighted by atomic mass is 9.92. The summed E-state index contributed by atoms with van der Waals surface area (Å²) in [4.78, 5) is 31.0. The third-order valence-electron chi connectivity index (χ3n) is 8.63. The smallest absolute Gasteiger partial charge is 0.410 e. The van der Waals surface area contributed by atoms with Crippen LogP contribution in [0.1, 0.15) is 71.9 Å². The van der Waals surface area contributed by atoms with Gasteiger partial charge in [0, 0.05) is 29.7 Å². The van der Waals surface area contributed by atoms with Gasteiger partial charge in [0.25, 0.3) is 5.91 Å². The fourth-order valence-corrected chi connectivity index (χ4v) is 6.14. The highest BCUT2D eigenvalue weighted by molar-refractivity contribution is 6.74. The van der Waals surface area contributed by atoms with E-state index < -0.39 is 20.0 Å². The number of hydrogen-bond acceptors (Lipinski definition) is 5. The van der Waals surface area contributed by atoms with Crippen molar-refractivity contribution in [2.75, 3.05) is 26.3 Å². The van der Waals surface area contributed by atoms with Gasteiger partial charge in [0.2, 0.25) is 0 Å². The van der Waals surface area contributed by atoms with Crippen LogP contribution >= 0.6 is 11.6 Å². The molecule has 0 atom stereocenters. The van der Waals surface area contributed by atoms with Gasteiger partial charge >= 0.3 is 6.09 Å². The van der Waals surface area contributed by atoms with Crippen LogP contribution in [0.25, 0.3) is 5.57 Å². The van der Waals surface area contributed by atoms with Gasteiger partial charge < -0.3 is 23.7 Å². The highest BCUT2D eigenvalue weighted by atomic mass is 35.5. The van der Waals surface area contributed by atoms with E-state index in [9.17, 15) is 9.59 Å². The monoisotopic (exact) mass is 640 g/mol. The molecule has 0 N–H and O–H groups in total. The molecule has 4 rings (SSSR count). The molecule has 2 aromatic rings. The van der Waals surface area contributed by atoms with E-state index in [0.29, 0.717) is 43.3 Å². The van der Waals surface area contributed by atoms with E-state index >= 15 is 0 Å². The second-order valence-corrected chi connectivity index (χ2v) is 19.6. The summed E-state index contributed by atoms with van der Waals surface area (Å²) in [7, 11) is -1.83. The minimum Gasteiger partial charge on any atom is -0.491 e. The van der Waals surface area contributed by atoms with Crippen LogP contribution in [0.2, 0.25) is 23.2 Å². The average molecular weight is 641 g/mol. The Balaban J connectivity index is 1.56. The third-order valence-corrected chi connectivity index (χ3v) is 13.5. The number of amides is 2. The van der Waals surface area contributed by atoms with Gasteiger partial charge in [0.05, 0.1) is 13.2 Å². The highest BCUT2D eigenvalue weighted by Crippen LogP contribution is 2.37. The van der Waals surface area contributed by atoms with Crippen LogP contribution in [-0.4, -0.2) is 68.1 Å². The van der Waals surface area contributed by atoms with E-state index in [0.717, 1.165) is 35.3 Å². The summed E-state index contributed by atoms with van der Waals surface area (Å²) in [6.07, 6.45) is 2.06. The van der Waals surface area contributed by atoms with Gasteiger partial charge in [-0.15, -0.1) is 0 Å². The van der Waals surface area contributed by atoms with Crippen molar-refractivity contribution in [3.63, 3.8) is 0 Å². The Labute approximate surface area is 269 Å².